The molecule has 0 unspecified atom stereocenters. The van der Waals surface area contributed by atoms with Crippen LogP contribution >= 0.6 is 0 Å². The van der Waals surface area contributed by atoms with E-state index in [1.54, 1.807) is 19.2 Å². The first-order chi connectivity index (χ1) is 19.5. The summed E-state index contributed by atoms with van der Waals surface area (Å²) in [6.45, 7) is 7.75. The van der Waals surface area contributed by atoms with Crippen LogP contribution < -0.4 is 4.74 Å². The average molecular weight is 565 g/mol. The zero-order valence-electron chi connectivity index (χ0n) is 24.4. The van der Waals surface area contributed by atoms with E-state index < -0.39 is 17.2 Å². The molecule has 8 nitrogen and oxygen atoms in total. The third kappa shape index (κ3) is 5.47. The normalized spacial score (nSPS) is 24.0. The monoisotopic (exact) mass is 564 g/mol. The number of H-pyrrole nitrogens is 1. The van der Waals surface area contributed by atoms with E-state index in [1.807, 2.05) is 45.9 Å². The Labute approximate surface area is 239 Å². The molecule has 1 spiro atoms. The number of methoxy groups -OCH3 is 2. The molecular weight excluding hydrogens is 527 g/mol. The van der Waals surface area contributed by atoms with E-state index >= 15 is 0 Å². The fourth-order valence-electron chi connectivity index (χ4n) is 6.56. The molecule has 1 N–H and O–H groups in total. The van der Waals surface area contributed by atoms with Crippen LogP contribution in [0.3, 0.4) is 0 Å². The highest BCUT2D eigenvalue weighted by Crippen LogP contribution is 2.57. The summed E-state index contributed by atoms with van der Waals surface area (Å²) in [7, 11) is 3.02. The van der Waals surface area contributed by atoms with Crippen molar-refractivity contribution in [3.63, 3.8) is 0 Å². The zero-order chi connectivity index (χ0) is 29.5. The van der Waals surface area contributed by atoms with Crippen molar-refractivity contribution < 1.29 is 32.9 Å². The molecule has 3 aromatic rings. The number of halogens is 1. The largest absolute Gasteiger partial charge is 0.496 e. The van der Waals surface area contributed by atoms with Crippen LogP contribution in [-0.2, 0) is 19.0 Å². The molecule has 5 rings (SSSR count). The maximum Gasteiger partial charge on any atom is 0.360 e. The van der Waals surface area contributed by atoms with Crippen LogP contribution in [-0.4, -0.2) is 54.2 Å². The second-order valence-corrected chi connectivity index (χ2v) is 12.0. The average Bonchev–Trinajstić information content (AvgIpc) is 3.65. The summed E-state index contributed by atoms with van der Waals surface area (Å²) < 4.78 is 36.9. The molecule has 4 atom stereocenters. The highest BCUT2D eigenvalue weighted by molar-refractivity contribution is 5.96. The molecule has 0 bridgehead atoms. The summed E-state index contributed by atoms with van der Waals surface area (Å²) in [4.78, 5) is 25.8. The topological polar surface area (TPSA) is 99.7 Å². The van der Waals surface area contributed by atoms with E-state index in [-0.39, 0.29) is 35.2 Å². The number of aromatic nitrogens is 2. The predicted molar refractivity (Wildman–Crippen MR) is 150 cm³/mol. The van der Waals surface area contributed by atoms with Crippen molar-refractivity contribution in [1.82, 2.24) is 10.2 Å². The van der Waals surface area contributed by atoms with Crippen molar-refractivity contribution in [2.45, 2.75) is 70.0 Å². The van der Waals surface area contributed by atoms with Gasteiger partial charge in [-0.1, -0.05) is 18.2 Å². The van der Waals surface area contributed by atoms with Crippen LogP contribution in [0.25, 0.3) is 11.1 Å². The zero-order valence-corrected chi connectivity index (χ0v) is 24.4. The Morgan fingerprint density at radius 1 is 1.12 bits per heavy atom. The first-order valence-electron chi connectivity index (χ1n) is 13.9. The van der Waals surface area contributed by atoms with Gasteiger partial charge in [-0.3, -0.25) is 9.89 Å². The first-order valence-corrected chi connectivity index (χ1v) is 13.9. The smallest absolute Gasteiger partial charge is 0.360 e. The lowest BCUT2D eigenvalue weighted by atomic mass is 9.76. The second kappa shape index (κ2) is 10.9. The van der Waals surface area contributed by atoms with Crippen LogP contribution in [0.1, 0.15) is 79.2 Å². The molecule has 1 aliphatic carbocycles. The number of nitrogens with one attached hydrogen (secondary N) is 1. The molecule has 218 valence electrons. The molecule has 1 aromatic heterocycles. The number of aryl methyl sites for hydroxylation is 1. The van der Waals surface area contributed by atoms with Crippen LogP contribution in [0.5, 0.6) is 5.75 Å². The van der Waals surface area contributed by atoms with Gasteiger partial charge in [-0.05, 0) is 82.3 Å². The standard InChI is InChI=1S/C32H37FN2O6/c1-18-26(28(35-34-18)30(37)41-31(2,3)4)20-9-12-25(38-5)24(15-20)21-16-32(40-17-21)14-13-23(29(36)39-6)27(32)19-7-10-22(33)11-8-19/h7-12,15,21,23,27H,13-14,16-17H2,1-6H3,(H,34,35)/t21-,23+,27-,32-/m1/s1. The van der Waals surface area contributed by atoms with E-state index in [0.29, 0.717) is 37.2 Å². The molecule has 0 radical (unpaired) electrons. The Morgan fingerprint density at radius 3 is 2.51 bits per heavy atom. The van der Waals surface area contributed by atoms with Gasteiger partial charge in [0.2, 0.25) is 0 Å². The van der Waals surface area contributed by atoms with E-state index in [1.165, 1.54) is 19.2 Å². The maximum absolute atomic E-state index is 13.8. The lowest BCUT2D eigenvalue weighted by Crippen LogP contribution is -2.35. The molecular formula is C32H37FN2O6. The van der Waals surface area contributed by atoms with Gasteiger partial charge in [0, 0.05) is 28.7 Å². The number of hydrogen-bond donors (Lipinski definition) is 1. The Hall–Kier alpha value is -3.72. The Kier molecular flexibility index (Phi) is 7.68. The van der Waals surface area contributed by atoms with E-state index in [9.17, 15) is 14.0 Å². The molecule has 2 aliphatic rings. The fourth-order valence-corrected chi connectivity index (χ4v) is 6.56. The molecule has 1 aliphatic heterocycles. The third-order valence-corrected chi connectivity index (χ3v) is 8.24. The summed E-state index contributed by atoms with van der Waals surface area (Å²) in [5.41, 5.74) is 2.97. The molecule has 2 heterocycles. The minimum atomic E-state index is -0.661. The highest BCUT2D eigenvalue weighted by atomic mass is 19.1. The van der Waals surface area contributed by atoms with E-state index in [4.69, 9.17) is 18.9 Å². The number of rotatable bonds is 6. The number of aromatic amines is 1. The van der Waals surface area contributed by atoms with Gasteiger partial charge in [0.25, 0.3) is 0 Å². The van der Waals surface area contributed by atoms with Crippen LogP contribution in [0.2, 0.25) is 0 Å². The Bertz CT molecular complexity index is 1440. The first kappa shape index (κ1) is 28.8. The molecule has 0 amide bonds. The van der Waals surface area contributed by atoms with Gasteiger partial charge >= 0.3 is 11.9 Å². The number of carbonyl (C=O) groups excluding carboxylic acids is 2. The van der Waals surface area contributed by atoms with Gasteiger partial charge in [-0.2, -0.15) is 5.10 Å². The maximum atomic E-state index is 13.8. The number of hydrogen-bond acceptors (Lipinski definition) is 7. The molecule has 2 aromatic carbocycles. The van der Waals surface area contributed by atoms with Gasteiger partial charge in [0.05, 0.1) is 32.3 Å². The van der Waals surface area contributed by atoms with Crippen LogP contribution in [0.4, 0.5) is 4.39 Å². The second-order valence-electron chi connectivity index (χ2n) is 12.0. The van der Waals surface area contributed by atoms with E-state index in [2.05, 4.69) is 10.2 Å². The fraction of sp³-hybridized carbons (Fsp3) is 0.469. The molecule has 2 fully saturated rings. The van der Waals surface area contributed by atoms with Gasteiger partial charge < -0.3 is 18.9 Å². The molecule has 1 saturated carbocycles. The van der Waals surface area contributed by atoms with Crippen molar-refractivity contribution in [2.75, 3.05) is 20.8 Å². The van der Waals surface area contributed by atoms with Crippen LogP contribution in [0, 0.1) is 18.7 Å². The van der Waals surface area contributed by atoms with Crippen molar-refractivity contribution in [3.8, 4) is 16.9 Å². The number of nitrogens with zero attached hydrogens (tertiary/aromatic N) is 1. The predicted octanol–water partition coefficient (Wildman–Crippen LogP) is 6.10. The summed E-state index contributed by atoms with van der Waals surface area (Å²) in [5, 5.41) is 7.19. The van der Waals surface area contributed by atoms with Gasteiger partial charge in [-0.15, -0.1) is 0 Å². The van der Waals surface area contributed by atoms with Crippen molar-refractivity contribution in [1.29, 1.82) is 0 Å². The number of benzene rings is 2. The summed E-state index contributed by atoms with van der Waals surface area (Å²) in [6.07, 6.45) is 1.94. The number of esters is 2. The number of ether oxygens (including phenoxy) is 4. The highest BCUT2D eigenvalue weighted by Gasteiger charge is 2.56. The molecule has 9 heteroatoms. The lowest BCUT2D eigenvalue weighted by Gasteiger charge is -2.33. The SMILES string of the molecule is COC(=O)[C@H]1CC[C@@]2(C[C@@H](c3cc(-c4c(C(=O)OC(C)(C)C)n[nH]c4C)ccc3OC)CO2)[C@@H]1c1ccc(F)cc1. The van der Waals surface area contributed by atoms with Crippen molar-refractivity contribution >= 4 is 11.9 Å². The molecule has 41 heavy (non-hydrogen) atoms. The lowest BCUT2D eigenvalue weighted by molar-refractivity contribution is -0.146. The van der Waals surface area contributed by atoms with Crippen molar-refractivity contribution in [2.24, 2.45) is 5.92 Å². The minimum Gasteiger partial charge on any atom is -0.496 e. The van der Waals surface area contributed by atoms with Gasteiger partial charge in [-0.25, -0.2) is 9.18 Å². The van der Waals surface area contributed by atoms with Gasteiger partial charge in [0.1, 0.15) is 17.2 Å². The Balaban J connectivity index is 1.51. The minimum absolute atomic E-state index is 0.0403. The number of carbonyl (C=O) groups is 2. The summed E-state index contributed by atoms with van der Waals surface area (Å²) in [6, 6.07) is 12.1. The van der Waals surface area contributed by atoms with E-state index in [0.717, 1.165) is 22.4 Å². The van der Waals surface area contributed by atoms with Gasteiger partial charge in [0.15, 0.2) is 5.69 Å². The summed E-state index contributed by atoms with van der Waals surface area (Å²) >= 11 is 0. The summed E-state index contributed by atoms with van der Waals surface area (Å²) in [5.74, 6) is -1.11. The molecule has 1 saturated heterocycles. The van der Waals surface area contributed by atoms with Crippen LogP contribution in [0.15, 0.2) is 42.5 Å². The van der Waals surface area contributed by atoms with Crippen molar-refractivity contribution in [3.05, 3.63) is 70.8 Å². The Morgan fingerprint density at radius 2 is 1.85 bits per heavy atom. The quantitative estimate of drug-likeness (QED) is 0.361. The third-order valence-electron chi connectivity index (χ3n) is 8.24.